The molecule has 1 N–H and O–H groups in total. The van der Waals surface area contributed by atoms with E-state index in [1.54, 1.807) is 18.2 Å². The molecule has 2 heterocycles. The van der Waals surface area contributed by atoms with E-state index in [-0.39, 0.29) is 17.6 Å². The minimum atomic E-state index is -0.285. The quantitative estimate of drug-likeness (QED) is 0.402. The molecule has 1 aliphatic heterocycles. The molecule has 0 aliphatic carbocycles. The number of fused-ring (bicyclic) bond motifs is 1. The SMILES string of the molecule is COc1cccc(C(c2ccc(F)cc2)N2CCN(c3ccnc4cc(Cl)ccc34)CC2)c1O. The van der Waals surface area contributed by atoms with E-state index in [0.29, 0.717) is 10.8 Å². The van der Waals surface area contributed by atoms with Crippen molar-refractivity contribution in [3.8, 4) is 11.5 Å². The largest absolute Gasteiger partial charge is 0.504 e. The normalized spacial score (nSPS) is 15.4. The Balaban J connectivity index is 1.45. The van der Waals surface area contributed by atoms with Crippen LogP contribution in [0.1, 0.15) is 17.2 Å². The van der Waals surface area contributed by atoms with Crippen molar-refractivity contribution in [1.82, 2.24) is 9.88 Å². The lowest BCUT2D eigenvalue weighted by Crippen LogP contribution is -2.48. The Morgan fingerprint density at radius 3 is 2.50 bits per heavy atom. The highest BCUT2D eigenvalue weighted by Crippen LogP contribution is 2.40. The number of ether oxygens (including phenoxy) is 1. The third kappa shape index (κ3) is 4.27. The molecule has 0 bridgehead atoms. The van der Waals surface area contributed by atoms with Crippen LogP contribution in [0.15, 0.2) is 72.9 Å². The van der Waals surface area contributed by atoms with Crippen molar-refractivity contribution in [2.75, 3.05) is 38.2 Å². The molecule has 1 unspecified atom stereocenters. The van der Waals surface area contributed by atoms with Gasteiger partial charge in [-0.05, 0) is 48.0 Å². The van der Waals surface area contributed by atoms with Crippen LogP contribution < -0.4 is 9.64 Å². The second-order valence-corrected chi connectivity index (χ2v) is 8.80. The first-order chi connectivity index (χ1) is 16.5. The molecule has 1 fully saturated rings. The molecule has 174 valence electrons. The smallest absolute Gasteiger partial charge is 0.162 e. The van der Waals surface area contributed by atoms with Gasteiger partial charge in [0.25, 0.3) is 0 Å². The van der Waals surface area contributed by atoms with Crippen LogP contribution in [0.25, 0.3) is 10.9 Å². The molecule has 1 aromatic heterocycles. The number of hydrogen-bond donors (Lipinski definition) is 1. The number of rotatable bonds is 5. The van der Waals surface area contributed by atoms with E-state index in [0.717, 1.165) is 53.9 Å². The van der Waals surface area contributed by atoms with E-state index in [9.17, 15) is 9.50 Å². The number of anilines is 1. The Labute approximate surface area is 203 Å². The van der Waals surface area contributed by atoms with Crippen LogP contribution in [-0.4, -0.2) is 48.3 Å². The fourth-order valence-electron chi connectivity index (χ4n) is 4.76. The summed E-state index contributed by atoms with van der Waals surface area (Å²) in [5, 5.41) is 12.7. The van der Waals surface area contributed by atoms with Crippen LogP contribution in [0, 0.1) is 5.82 Å². The lowest BCUT2D eigenvalue weighted by molar-refractivity contribution is 0.208. The molecule has 1 atom stereocenters. The highest BCUT2D eigenvalue weighted by atomic mass is 35.5. The molecular weight excluding hydrogens is 453 g/mol. The molecule has 4 aromatic rings. The fourth-order valence-corrected chi connectivity index (χ4v) is 4.93. The van der Waals surface area contributed by atoms with Gasteiger partial charge < -0.3 is 14.7 Å². The summed E-state index contributed by atoms with van der Waals surface area (Å²) in [6.45, 7) is 3.11. The molecule has 3 aromatic carbocycles. The summed E-state index contributed by atoms with van der Waals surface area (Å²) in [5.74, 6) is 0.246. The Kier molecular flexibility index (Phi) is 6.26. The van der Waals surface area contributed by atoms with Gasteiger partial charge >= 0.3 is 0 Å². The van der Waals surface area contributed by atoms with Crippen molar-refractivity contribution >= 4 is 28.2 Å². The van der Waals surface area contributed by atoms with Crippen molar-refractivity contribution in [2.45, 2.75) is 6.04 Å². The van der Waals surface area contributed by atoms with Crippen molar-refractivity contribution < 1.29 is 14.2 Å². The zero-order chi connectivity index (χ0) is 23.7. The Hall–Kier alpha value is -3.35. The third-order valence-electron chi connectivity index (χ3n) is 6.43. The van der Waals surface area contributed by atoms with Gasteiger partial charge in [-0.2, -0.15) is 0 Å². The lowest BCUT2D eigenvalue weighted by atomic mass is 9.95. The van der Waals surface area contributed by atoms with Crippen LogP contribution in [0.3, 0.4) is 0 Å². The van der Waals surface area contributed by atoms with E-state index in [1.807, 2.05) is 42.6 Å². The molecule has 1 aliphatic rings. The first-order valence-corrected chi connectivity index (χ1v) is 11.6. The zero-order valence-electron chi connectivity index (χ0n) is 18.8. The van der Waals surface area contributed by atoms with E-state index in [4.69, 9.17) is 16.3 Å². The highest BCUT2D eigenvalue weighted by molar-refractivity contribution is 6.31. The van der Waals surface area contributed by atoms with Crippen LogP contribution in [0.4, 0.5) is 10.1 Å². The van der Waals surface area contributed by atoms with Gasteiger partial charge in [-0.3, -0.25) is 9.88 Å². The standard InChI is InChI=1S/C27H25ClFN3O2/c1-34-25-4-2-3-22(27(25)33)26(18-5-8-20(29)9-6-18)32-15-13-31(14-16-32)24-11-12-30-23-17-19(28)7-10-21(23)24/h2-12,17,26,33H,13-16H2,1H3. The van der Waals surface area contributed by atoms with Crippen molar-refractivity contribution in [1.29, 1.82) is 0 Å². The predicted molar refractivity (Wildman–Crippen MR) is 133 cm³/mol. The molecule has 7 heteroatoms. The van der Waals surface area contributed by atoms with E-state index < -0.39 is 0 Å². The average Bonchev–Trinajstić information content (AvgIpc) is 2.86. The van der Waals surface area contributed by atoms with Crippen LogP contribution in [0.2, 0.25) is 5.02 Å². The molecule has 0 spiro atoms. The Bertz CT molecular complexity index is 1310. The van der Waals surface area contributed by atoms with Gasteiger partial charge in [0, 0.05) is 54.0 Å². The van der Waals surface area contributed by atoms with E-state index >= 15 is 0 Å². The monoisotopic (exact) mass is 477 g/mol. The third-order valence-corrected chi connectivity index (χ3v) is 6.67. The van der Waals surface area contributed by atoms with Gasteiger partial charge in [0.1, 0.15) is 5.82 Å². The minimum Gasteiger partial charge on any atom is -0.504 e. The Morgan fingerprint density at radius 2 is 1.76 bits per heavy atom. The number of methoxy groups -OCH3 is 1. The maximum absolute atomic E-state index is 13.7. The number of phenols is 1. The predicted octanol–water partition coefficient (Wildman–Crippen LogP) is 5.65. The molecule has 5 nitrogen and oxygen atoms in total. The summed E-state index contributed by atoms with van der Waals surface area (Å²) < 4.78 is 19.0. The number of phenolic OH excluding ortho intramolecular Hbond substituents is 1. The summed E-state index contributed by atoms with van der Waals surface area (Å²) in [6, 6.07) is 19.6. The Morgan fingerprint density at radius 1 is 1.00 bits per heavy atom. The van der Waals surface area contributed by atoms with Gasteiger partial charge in [-0.15, -0.1) is 0 Å². The van der Waals surface area contributed by atoms with Gasteiger partial charge in [0.05, 0.1) is 18.7 Å². The summed E-state index contributed by atoms with van der Waals surface area (Å²) in [6.07, 6.45) is 1.82. The number of hydrogen-bond acceptors (Lipinski definition) is 5. The van der Waals surface area contributed by atoms with Crippen LogP contribution in [0.5, 0.6) is 11.5 Å². The van der Waals surface area contributed by atoms with Gasteiger partial charge in [0.2, 0.25) is 0 Å². The van der Waals surface area contributed by atoms with Gasteiger partial charge in [-0.25, -0.2) is 4.39 Å². The van der Waals surface area contributed by atoms with Crippen molar-refractivity contribution in [2.24, 2.45) is 0 Å². The molecule has 1 saturated heterocycles. The zero-order valence-corrected chi connectivity index (χ0v) is 19.5. The average molecular weight is 478 g/mol. The van der Waals surface area contributed by atoms with Gasteiger partial charge in [0.15, 0.2) is 11.5 Å². The number of aromatic hydroxyl groups is 1. The summed E-state index contributed by atoms with van der Waals surface area (Å²) in [4.78, 5) is 9.13. The number of benzene rings is 3. The fraction of sp³-hybridized carbons (Fsp3) is 0.222. The number of para-hydroxylation sites is 1. The number of halogens is 2. The number of pyridine rings is 1. The first-order valence-electron chi connectivity index (χ1n) is 11.2. The minimum absolute atomic E-state index is 0.110. The molecular formula is C27H25ClFN3O2. The number of nitrogens with zero attached hydrogens (tertiary/aromatic N) is 3. The van der Waals surface area contributed by atoms with E-state index in [2.05, 4.69) is 14.8 Å². The number of aromatic nitrogens is 1. The summed E-state index contributed by atoms with van der Waals surface area (Å²) in [5.41, 5.74) is 3.66. The first kappa shape index (κ1) is 22.4. The van der Waals surface area contributed by atoms with Crippen LogP contribution >= 0.6 is 11.6 Å². The molecule has 34 heavy (non-hydrogen) atoms. The van der Waals surface area contributed by atoms with Crippen molar-refractivity contribution in [3.63, 3.8) is 0 Å². The van der Waals surface area contributed by atoms with E-state index in [1.165, 1.54) is 19.2 Å². The lowest BCUT2D eigenvalue weighted by Gasteiger charge is -2.41. The second kappa shape index (κ2) is 9.49. The second-order valence-electron chi connectivity index (χ2n) is 8.37. The van der Waals surface area contributed by atoms with Gasteiger partial charge in [-0.1, -0.05) is 35.9 Å². The summed E-state index contributed by atoms with van der Waals surface area (Å²) >= 11 is 6.16. The maximum atomic E-state index is 13.7. The summed E-state index contributed by atoms with van der Waals surface area (Å²) in [7, 11) is 1.54. The molecule has 0 saturated carbocycles. The molecule has 5 rings (SSSR count). The number of piperazine rings is 1. The van der Waals surface area contributed by atoms with Crippen molar-refractivity contribution in [3.05, 3.63) is 94.9 Å². The molecule has 0 radical (unpaired) electrons. The topological polar surface area (TPSA) is 48.8 Å². The van der Waals surface area contributed by atoms with Crippen LogP contribution in [-0.2, 0) is 0 Å². The highest BCUT2D eigenvalue weighted by Gasteiger charge is 2.29. The molecule has 0 amide bonds. The maximum Gasteiger partial charge on any atom is 0.162 e.